The molecule has 0 fully saturated rings. The Morgan fingerprint density at radius 1 is 1.29 bits per heavy atom. The number of rotatable bonds is 3. The smallest absolute Gasteiger partial charge is 0.161 e. The molecule has 88 valence electrons. The zero-order valence-electron chi connectivity index (χ0n) is 9.90. The number of aryl methyl sites for hydroxylation is 1. The summed E-state index contributed by atoms with van der Waals surface area (Å²) in [6, 6.07) is 8.30. The number of benzene rings is 1. The lowest BCUT2D eigenvalue weighted by molar-refractivity contribution is 0.101. The molecule has 2 nitrogen and oxygen atoms in total. The van der Waals surface area contributed by atoms with E-state index in [2.05, 4.69) is 0 Å². The Balaban J connectivity index is 2.24. The first-order valence-electron chi connectivity index (χ1n) is 5.47. The number of hydrogen-bond donors (Lipinski definition) is 0. The molecule has 1 heterocycles. The molecule has 0 aliphatic heterocycles. The largest absolute Gasteiger partial charge is 0.353 e. The molecular formula is C14H14FNO. The van der Waals surface area contributed by atoms with Gasteiger partial charge in [-0.1, -0.05) is 12.1 Å². The van der Waals surface area contributed by atoms with E-state index in [1.807, 2.05) is 23.9 Å². The van der Waals surface area contributed by atoms with Gasteiger partial charge >= 0.3 is 0 Å². The second-order valence-electron chi connectivity index (χ2n) is 4.19. The van der Waals surface area contributed by atoms with E-state index in [0.717, 1.165) is 11.3 Å². The number of Topliss-reactive ketones (excluding diaryl/α,β-unsaturated/α-hetero) is 1. The first kappa shape index (κ1) is 11.6. The maximum atomic E-state index is 12.8. The number of aromatic nitrogens is 1. The van der Waals surface area contributed by atoms with Gasteiger partial charge in [-0.3, -0.25) is 4.79 Å². The molecular weight excluding hydrogens is 217 g/mol. The second kappa shape index (κ2) is 4.53. The molecule has 0 atom stereocenters. The Morgan fingerprint density at radius 3 is 2.47 bits per heavy atom. The van der Waals surface area contributed by atoms with Gasteiger partial charge in [0.05, 0.1) is 0 Å². The van der Waals surface area contributed by atoms with Crippen LogP contribution < -0.4 is 0 Å². The minimum atomic E-state index is -0.231. The minimum Gasteiger partial charge on any atom is -0.353 e. The molecule has 0 amide bonds. The summed E-state index contributed by atoms with van der Waals surface area (Å²) < 4.78 is 14.7. The highest BCUT2D eigenvalue weighted by Crippen LogP contribution is 2.13. The predicted octanol–water partition coefficient (Wildman–Crippen LogP) is 2.96. The summed E-state index contributed by atoms with van der Waals surface area (Å²) in [5, 5.41) is 0. The molecule has 0 saturated carbocycles. The van der Waals surface area contributed by atoms with Gasteiger partial charge in [-0.2, -0.15) is 0 Å². The molecule has 2 rings (SSSR count). The number of carbonyl (C=O) groups excluding carboxylic acids is 1. The third-order valence-corrected chi connectivity index (χ3v) is 2.81. The van der Waals surface area contributed by atoms with Gasteiger partial charge in [-0.15, -0.1) is 0 Å². The highest BCUT2D eigenvalue weighted by molar-refractivity contribution is 5.94. The molecule has 0 spiro atoms. The van der Waals surface area contributed by atoms with Gasteiger partial charge in [0.2, 0.25) is 0 Å². The molecule has 17 heavy (non-hydrogen) atoms. The molecule has 0 radical (unpaired) electrons. The van der Waals surface area contributed by atoms with Crippen LogP contribution in [-0.4, -0.2) is 10.4 Å². The molecule has 0 aliphatic carbocycles. The fourth-order valence-corrected chi connectivity index (χ4v) is 1.79. The lowest BCUT2D eigenvalue weighted by Crippen LogP contribution is -1.96. The Kier molecular flexibility index (Phi) is 3.09. The van der Waals surface area contributed by atoms with Gasteiger partial charge < -0.3 is 4.57 Å². The number of halogens is 1. The van der Waals surface area contributed by atoms with Gasteiger partial charge in [0.1, 0.15) is 5.82 Å². The number of carbonyl (C=O) groups is 1. The van der Waals surface area contributed by atoms with Crippen LogP contribution in [0.15, 0.2) is 36.5 Å². The highest BCUT2D eigenvalue weighted by Gasteiger charge is 2.07. The maximum absolute atomic E-state index is 12.8. The van der Waals surface area contributed by atoms with Gasteiger partial charge in [0.15, 0.2) is 5.78 Å². The molecule has 3 heteroatoms. The first-order valence-corrected chi connectivity index (χ1v) is 5.47. The normalized spacial score (nSPS) is 10.5. The first-order chi connectivity index (χ1) is 8.06. The van der Waals surface area contributed by atoms with Crippen molar-refractivity contribution < 1.29 is 9.18 Å². The summed E-state index contributed by atoms with van der Waals surface area (Å²) in [7, 11) is 1.91. The lowest BCUT2D eigenvalue weighted by atomic mass is 10.1. The van der Waals surface area contributed by atoms with E-state index in [9.17, 15) is 9.18 Å². The monoisotopic (exact) mass is 231 g/mol. The van der Waals surface area contributed by atoms with Crippen molar-refractivity contribution in [1.82, 2.24) is 4.57 Å². The third kappa shape index (κ3) is 2.61. The molecule has 0 bridgehead atoms. The van der Waals surface area contributed by atoms with Crippen molar-refractivity contribution in [3.8, 4) is 0 Å². The van der Waals surface area contributed by atoms with E-state index in [0.29, 0.717) is 12.0 Å². The van der Waals surface area contributed by atoms with Crippen molar-refractivity contribution in [3.63, 3.8) is 0 Å². The van der Waals surface area contributed by atoms with E-state index < -0.39 is 0 Å². The van der Waals surface area contributed by atoms with Crippen LogP contribution in [0, 0.1) is 5.82 Å². The predicted molar refractivity (Wildman–Crippen MR) is 64.6 cm³/mol. The number of ketones is 1. The SMILES string of the molecule is CC(=O)c1cc(Cc2ccc(F)cc2)n(C)c1. The number of hydrogen-bond acceptors (Lipinski definition) is 1. The standard InChI is InChI=1S/C14H14FNO/c1-10(17)12-8-14(16(2)9-12)7-11-3-5-13(15)6-4-11/h3-6,8-9H,7H2,1-2H3. The van der Waals surface area contributed by atoms with E-state index >= 15 is 0 Å². The van der Waals surface area contributed by atoms with Crippen molar-refractivity contribution in [2.24, 2.45) is 7.05 Å². The fraction of sp³-hybridized carbons (Fsp3) is 0.214. The molecule has 1 aromatic heterocycles. The van der Waals surface area contributed by atoms with Crippen molar-refractivity contribution in [2.75, 3.05) is 0 Å². The second-order valence-corrected chi connectivity index (χ2v) is 4.19. The van der Waals surface area contributed by atoms with E-state index in [1.54, 1.807) is 19.1 Å². The Hall–Kier alpha value is -1.90. The zero-order valence-corrected chi connectivity index (χ0v) is 9.90. The lowest BCUT2D eigenvalue weighted by Gasteiger charge is -2.03. The summed E-state index contributed by atoms with van der Waals surface area (Å²) in [5.74, 6) is -0.170. The summed E-state index contributed by atoms with van der Waals surface area (Å²) in [6.07, 6.45) is 2.52. The molecule has 1 aromatic carbocycles. The topological polar surface area (TPSA) is 22.0 Å². The van der Waals surface area contributed by atoms with Crippen molar-refractivity contribution in [1.29, 1.82) is 0 Å². The van der Waals surface area contributed by atoms with Gasteiger partial charge in [0, 0.05) is 30.9 Å². The number of nitrogens with zero attached hydrogens (tertiary/aromatic N) is 1. The Morgan fingerprint density at radius 2 is 1.94 bits per heavy atom. The van der Waals surface area contributed by atoms with Crippen molar-refractivity contribution in [3.05, 3.63) is 59.2 Å². The molecule has 0 saturated heterocycles. The van der Waals surface area contributed by atoms with Gasteiger partial charge in [-0.25, -0.2) is 4.39 Å². The van der Waals surface area contributed by atoms with Crippen LogP contribution in [0.1, 0.15) is 28.5 Å². The average Bonchev–Trinajstić information content (AvgIpc) is 2.64. The molecule has 0 N–H and O–H groups in total. The maximum Gasteiger partial charge on any atom is 0.161 e. The Bertz CT molecular complexity index is 540. The highest BCUT2D eigenvalue weighted by atomic mass is 19.1. The zero-order chi connectivity index (χ0) is 12.4. The van der Waals surface area contributed by atoms with Crippen LogP contribution >= 0.6 is 0 Å². The van der Waals surface area contributed by atoms with Gasteiger partial charge in [-0.05, 0) is 30.7 Å². The summed E-state index contributed by atoms with van der Waals surface area (Å²) in [5.41, 5.74) is 2.79. The van der Waals surface area contributed by atoms with Crippen LogP contribution in [0.5, 0.6) is 0 Å². The van der Waals surface area contributed by atoms with Crippen molar-refractivity contribution in [2.45, 2.75) is 13.3 Å². The average molecular weight is 231 g/mol. The van der Waals surface area contributed by atoms with Crippen LogP contribution in [0.4, 0.5) is 4.39 Å². The summed E-state index contributed by atoms with van der Waals surface area (Å²) in [6.45, 7) is 1.55. The van der Waals surface area contributed by atoms with E-state index in [-0.39, 0.29) is 11.6 Å². The summed E-state index contributed by atoms with van der Waals surface area (Å²) >= 11 is 0. The molecule has 2 aromatic rings. The fourth-order valence-electron chi connectivity index (χ4n) is 1.79. The molecule has 0 aliphatic rings. The van der Waals surface area contributed by atoms with Crippen molar-refractivity contribution >= 4 is 5.78 Å². The van der Waals surface area contributed by atoms with Gasteiger partial charge in [0.25, 0.3) is 0 Å². The van der Waals surface area contributed by atoms with Crippen LogP contribution in [-0.2, 0) is 13.5 Å². The quantitative estimate of drug-likeness (QED) is 0.744. The van der Waals surface area contributed by atoms with E-state index in [1.165, 1.54) is 12.1 Å². The van der Waals surface area contributed by atoms with Crippen LogP contribution in [0.3, 0.4) is 0 Å². The van der Waals surface area contributed by atoms with Crippen LogP contribution in [0.2, 0.25) is 0 Å². The van der Waals surface area contributed by atoms with Crippen LogP contribution in [0.25, 0.3) is 0 Å². The third-order valence-electron chi connectivity index (χ3n) is 2.81. The minimum absolute atomic E-state index is 0.0611. The molecule has 0 unspecified atom stereocenters. The van der Waals surface area contributed by atoms with E-state index in [4.69, 9.17) is 0 Å². The summed E-state index contributed by atoms with van der Waals surface area (Å²) in [4.78, 5) is 11.2. The Labute approximate surface area is 99.7 Å².